The predicted molar refractivity (Wildman–Crippen MR) is 366 cm³/mol. The van der Waals surface area contributed by atoms with Crippen LogP contribution in [0.5, 0.6) is 0 Å². The third-order valence-electron chi connectivity index (χ3n) is 17.7. The SMILES string of the molecule is CCCCCC/C=C\C/C=C\CCCCCCCCCC(=O)OCCCCCCCCCCCCCCCCCCCCCCCCCCCCCCCCC(=O)NC(CO)C(O)/C=C/CCCCCCCCCCCCCCCCCC. The Kier molecular flexibility index (Phi) is 70.9. The smallest absolute Gasteiger partial charge is 0.305 e. The molecular formula is C77H147NO5. The number of hydrogen-bond acceptors (Lipinski definition) is 5. The standard InChI is InChI=1S/C77H147NO5/c1-3-5-7-9-11-13-15-17-19-21-37-41-45-49-53-57-61-65-69-75(80)74(73-79)78-76(81)70-66-62-58-54-50-46-42-38-35-33-31-29-27-25-23-24-26-28-30-32-34-36-40-44-48-52-56-60-64-68-72-83-77(82)71-67-63-59-55-51-47-43-39-22-20-18-16-14-12-10-8-6-4-2/h14,16,20,22,65,69,74-75,79-80H,3-13,15,17-19,21,23-64,66-68,70-73H2,1-2H3,(H,78,81)/b16-14-,22-20-,69-65+. The molecular weight excluding hydrogens is 1020 g/mol. The zero-order valence-electron chi connectivity index (χ0n) is 56.2. The van der Waals surface area contributed by atoms with Crippen LogP contribution in [0.4, 0.5) is 0 Å². The number of hydrogen-bond donors (Lipinski definition) is 3. The highest BCUT2D eigenvalue weighted by molar-refractivity contribution is 5.76. The van der Waals surface area contributed by atoms with Gasteiger partial charge in [-0.2, -0.15) is 0 Å². The van der Waals surface area contributed by atoms with Crippen molar-refractivity contribution in [3.05, 3.63) is 36.5 Å². The molecule has 0 aromatic carbocycles. The molecule has 6 nitrogen and oxygen atoms in total. The van der Waals surface area contributed by atoms with Crippen molar-refractivity contribution in [2.45, 2.75) is 431 Å². The van der Waals surface area contributed by atoms with Gasteiger partial charge < -0.3 is 20.3 Å². The maximum absolute atomic E-state index is 12.5. The van der Waals surface area contributed by atoms with E-state index in [0.717, 1.165) is 51.4 Å². The Balaban J connectivity index is 3.35. The minimum atomic E-state index is -0.842. The number of aliphatic hydroxyl groups is 2. The molecule has 0 aliphatic carbocycles. The summed E-state index contributed by atoms with van der Waals surface area (Å²) in [6, 6.07) is -0.625. The van der Waals surface area contributed by atoms with Gasteiger partial charge in [0.25, 0.3) is 0 Å². The topological polar surface area (TPSA) is 95.9 Å². The van der Waals surface area contributed by atoms with E-state index in [1.165, 1.54) is 340 Å². The van der Waals surface area contributed by atoms with Crippen molar-refractivity contribution in [1.82, 2.24) is 5.32 Å². The molecule has 0 saturated carbocycles. The van der Waals surface area contributed by atoms with Gasteiger partial charge >= 0.3 is 5.97 Å². The number of carbonyl (C=O) groups is 2. The fourth-order valence-electron chi connectivity index (χ4n) is 11.9. The summed E-state index contributed by atoms with van der Waals surface area (Å²) in [6.07, 6.45) is 93.9. The molecule has 0 saturated heterocycles. The Bertz CT molecular complexity index is 1340. The molecule has 83 heavy (non-hydrogen) atoms. The summed E-state index contributed by atoms with van der Waals surface area (Å²) in [6.45, 7) is 4.93. The van der Waals surface area contributed by atoms with Gasteiger partial charge in [-0.3, -0.25) is 9.59 Å². The van der Waals surface area contributed by atoms with E-state index in [1.54, 1.807) is 6.08 Å². The lowest BCUT2D eigenvalue weighted by atomic mass is 10.0. The second kappa shape index (κ2) is 72.6. The average Bonchev–Trinajstić information content (AvgIpc) is 3.48. The molecule has 2 atom stereocenters. The van der Waals surface area contributed by atoms with Gasteiger partial charge in [-0.25, -0.2) is 0 Å². The molecule has 490 valence electrons. The quantitative estimate of drug-likeness (QED) is 0.0320. The lowest BCUT2D eigenvalue weighted by Crippen LogP contribution is -2.45. The molecule has 0 rings (SSSR count). The fraction of sp³-hybridized carbons (Fsp3) is 0.896. The van der Waals surface area contributed by atoms with E-state index >= 15 is 0 Å². The number of allylic oxidation sites excluding steroid dienone is 5. The molecule has 0 spiro atoms. The summed E-state index contributed by atoms with van der Waals surface area (Å²) < 4.78 is 5.51. The van der Waals surface area contributed by atoms with Crippen LogP contribution >= 0.6 is 0 Å². The van der Waals surface area contributed by atoms with Crippen molar-refractivity contribution in [1.29, 1.82) is 0 Å². The van der Waals surface area contributed by atoms with Crippen molar-refractivity contribution in [3.63, 3.8) is 0 Å². The Hall–Kier alpha value is -1.92. The summed E-state index contributed by atoms with van der Waals surface area (Å²) in [4.78, 5) is 24.6. The summed E-state index contributed by atoms with van der Waals surface area (Å²) in [5.74, 6) is -0.0476. The third-order valence-corrected chi connectivity index (χ3v) is 17.7. The van der Waals surface area contributed by atoms with Gasteiger partial charge in [0, 0.05) is 12.8 Å². The highest BCUT2D eigenvalue weighted by atomic mass is 16.5. The zero-order chi connectivity index (χ0) is 59.9. The molecule has 0 aromatic heterocycles. The molecule has 0 bridgehead atoms. The maximum atomic E-state index is 12.5. The number of amides is 1. The van der Waals surface area contributed by atoms with Crippen LogP contribution in [0.2, 0.25) is 0 Å². The van der Waals surface area contributed by atoms with Crippen LogP contribution in [-0.4, -0.2) is 47.4 Å². The van der Waals surface area contributed by atoms with Crippen molar-refractivity contribution < 1.29 is 24.5 Å². The van der Waals surface area contributed by atoms with E-state index < -0.39 is 12.1 Å². The number of nitrogens with one attached hydrogen (secondary N) is 1. The number of esters is 1. The van der Waals surface area contributed by atoms with Gasteiger partial charge in [-0.05, 0) is 64.2 Å². The van der Waals surface area contributed by atoms with Gasteiger partial charge in [0.05, 0.1) is 25.4 Å². The van der Waals surface area contributed by atoms with E-state index in [9.17, 15) is 19.8 Å². The second-order valence-corrected chi connectivity index (χ2v) is 26.0. The van der Waals surface area contributed by atoms with Gasteiger partial charge in [-0.15, -0.1) is 0 Å². The zero-order valence-corrected chi connectivity index (χ0v) is 56.2. The fourth-order valence-corrected chi connectivity index (χ4v) is 11.9. The molecule has 0 heterocycles. The summed E-state index contributed by atoms with van der Waals surface area (Å²) in [5, 5.41) is 23.2. The molecule has 0 aromatic rings. The largest absolute Gasteiger partial charge is 0.466 e. The lowest BCUT2D eigenvalue weighted by Gasteiger charge is -2.20. The minimum absolute atomic E-state index is 0.0130. The number of ether oxygens (including phenoxy) is 1. The monoisotopic (exact) mass is 1170 g/mol. The number of carbonyl (C=O) groups excluding carboxylic acids is 2. The predicted octanol–water partition coefficient (Wildman–Crippen LogP) is 24.7. The van der Waals surface area contributed by atoms with Crippen LogP contribution in [0.25, 0.3) is 0 Å². The van der Waals surface area contributed by atoms with Crippen molar-refractivity contribution in [2.24, 2.45) is 0 Å². The Morgan fingerprint density at radius 1 is 0.337 bits per heavy atom. The van der Waals surface area contributed by atoms with E-state index in [2.05, 4.69) is 43.5 Å². The molecule has 0 radical (unpaired) electrons. The van der Waals surface area contributed by atoms with E-state index in [4.69, 9.17) is 4.74 Å². The first-order valence-electron chi connectivity index (χ1n) is 37.8. The Labute approximate surface area is 519 Å². The van der Waals surface area contributed by atoms with E-state index in [1.807, 2.05) is 6.08 Å². The lowest BCUT2D eigenvalue weighted by molar-refractivity contribution is -0.143. The Morgan fingerprint density at radius 2 is 0.602 bits per heavy atom. The second-order valence-electron chi connectivity index (χ2n) is 26.0. The summed E-state index contributed by atoms with van der Waals surface area (Å²) in [7, 11) is 0. The third kappa shape index (κ3) is 69.1. The first-order valence-corrected chi connectivity index (χ1v) is 37.8. The van der Waals surface area contributed by atoms with Crippen molar-refractivity contribution in [3.8, 4) is 0 Å². The minimum Gasteiger partial charge on any atom is -0.466 e. The van der Waals surface area contributed by atoms with Crippen LogP contribution in [-0.2, 0) is 14.3 Å². The van der Waals surface area contributed by atoms with Crippen LogP contribution in [0, 0.1) is 0 Å². The van der Waals surface area contributed by atoms with Crippen LogP contribution in [0.15, 0.2) is 36.5 Å². The molecule has 6 heteroatoms. The van der Waals surface area contributed by atoms with Crippen LogP contribution < -0.4 is 5.32 Å². The van der Waals surface area contributed by atoms with Crippen molar-refractivity contribution in [2.75, 3.05) is 13.2 Å². The molecule has 0 aliphatic heterocycles. The number of rotatable bonds is 71. The van der Waals surface area contributed by atoms with Gasteiger partial charge in [-0.1, -0.05) is 378 Å². The maximum Gasteiger partial charge on any atom is 0.305 e. The first kappa shape index (κ1) is 81.1. The highest BCUT2D eigenvalue weighted by Crippen LogP contribution is 2.19. The number of unbranched alkanes of at least 4 members (excludes halogenated alkanes) is 56. The molecule has 2 unspecified atom stereocenters. The average molecular weight is 1170 g/mol. The normalized spacial score (nSPS) is 12.7. The molecule has 3 N–H and O–H groups in total. The summed E-state index contributed by atoms with van der Waals surface area (Å²) >= 11 is 0. The van der Waals surface area contributed by atoms with Crippen LogP contribution in [0.3, 0.4) is 0 Å². The van der Waals surface area contributed by atoms with E-state index in [0.29, 0.717) is 19.4 Å². The van der Waals surface area contributed by atoms with Gasteiger partial charge in [0.2, 0.25) is 5.91 Å². The highest BCUT2D eigenvalue weighted by Gasteiger charge is 2.18. The van der Waals surface area contributed by atoms with Gasteiger partial charge in [0.15, 0.2) is 0 Å². The van der Waals surface area contributed by atoms with Crippen molar-refractivity contribution >= 4 is 11.9 Å². The first-order chi connectivity index (χ1) is 41.0. The van der Waals surface area contributed by atoms with Gasteiger partial charge in [0.1, 0.15) is 0 Å². The Morgan fingerprint density at radius 3 is 0.928 bits per heavy atom. The van der Waals surface area contributed by atoms with Crippen LogP contribution in [0.1, 0.15) is 418 Å². The number of aliphatic hydroxyl groups excluding tert-OH is 2. The summed E-state index contributed by atoms with van der Waals surface area (Å²) in [5.41, 5.74) is 0. The molecule has 0 aliphatic rings. The molecule has 1 amide bonds. The molecule has 0 fully saturated rings. The van der Waals surface area contributed by atoms with E-state index in [-0.39, 0.29) is 18.5 Å².